The molecule has 1 aliphatic heterocycles. The van der Waals surface area contributed by atoms with Crippen LogP contribution in [0, 0.1) is 13.8 Å². The van der Waals surface area contributed by atoms with Crippen LogP contribution in [0.25, 0.3) is 11.1 Å². The summed E-state index contributed by atoms with van der Waals surface area (Å²) in [6, 6.07) is 43.7. The van der Waals surface area contributed by atoms with E-state index in [9.17, 15) is 9.59 Å². The van der Waals surface area contributed by atoms with Crippen molar-refractivity contribution in [2.24, 2.45) is 0 Å². The highest BCUT2D eigenvalue weighted by molar-refractivity contribution is 6.41. The number of aryl methyl sites for hydroxylation is 2. The molecule has 0 saturated carbocycles. The molecule has 5 heteroatoms. The van der Waals surface area contributed by atoms with E-state index in [1.807, 2.05) is 153 Å². The van der Waals surface area contributed by atoms with Gasteiger partial charge in [-0.2, -0.15) is 0 Å². The number of nitrogens with zero attached hydrogens (tertiary/aromatic N) is 2. The lowest BCUT2D eigenvalue weighted by Crippen LogP contribution is -2.37. The molecule has 0 unspecified atom stereocenters. The van der Waals surface area contributed by atoms with Crippen molar-refractivity contribution in [2.45, 2.75) is 20.3 Å². The zero-order valence-corrected chi connectivity index (χ0v) is 26.2. The Morgan fingerprint density at radius 1 is 0.617 bits per heavy atom. The lowest BCUT2D eigenvalue weighted by Gasteiger charge is -2.31. The minimum Gasteiger partial charge on any atom is -0.287 e. The van der Waals surface area contributed by atoms with E-state index >= 15 is 4.79 Å². The standard InChI is InChI=1S/C42H32N2O3/c1-28-18-22-33(23-19-28)43(37(45)26-30-12-6-3-7-13-30)36-27-35-38(31-14-8-4-9-15-31)42(47)44(34-24-20-29(2)21-25-34)40(35)39(41(36)46)32-16-10-5-11-17-32/h3-25,27H,26H2,1-2H3. The lowest BCUT2D eigenvalue weighted by molar-refractivity contribution is -0.119. The van der Waals surface area contributed by atoms with Crippen LogP contribution in [0.1, 0.15) is 27.8 Å². The van der Waals surface area contributed by atoms with Crippen LogP contribution in [0.15, 0.2) is 163 Å². The van der Waals surface area contributed by atoms with Crippen LogP contribution < -0.4 is 9.80 Å². The van der Waals surface area contributed by atoms with E-state index in [1.54, 1.807) is 11.0 Å². The van der Waals surface area contributed by atoms with E-state index in [2.05, 4.69) is 0 Å². The van der Waals surface area contributed by atoms with Gasteiger partial charge in [-0.1, -0.05) is 126 Å². The van der Waals surface area contributed by atoms with E-state index in [-0.39, 0.29) is 29.7 Å². The second-order valence-corrected chi connectivity index (χ2v) is 11.8. The first-order valence-corrected chi connectivity index (χ1v) is 15.6. The fourth-order valence-electron chi connectivity index (χ4n) is 6.22. The highest BCUT2D eigenvalue weighted by Gasteiger charge is 2.44. The Morgan fingerprint density at radius 3 is 1.70 bits per heavy atom. The number of fused-ring (bicyclic) bond motifs is 1. The Bertz CT molecular complexity index is 2090. The Hall–Kier alpha value is -6.07. The second-order valence-electron chi connectivity index (χ2n) is 11.8. The molecule has 228 valence electrons. The molecule has 0 spiro atoms. The van der Waals surface area contributed by atoms with Gasteiger partial charge in [0.25, 0.3) is 5.91 Å². The summed E-state index contributed by atoms with van der Waals surface area (Å²) in [5, 5.41) is 0. The summed E-state index contributed by atoms with van der Waals surface area (Å²) >= 11 is 0. The van der Waals surface area contributed by atoms with Gasteiger partial charge < -0.3 is 0 Å². The summed E-state index contributed by atoms with van der Waals surface area (Å²) in [7, 11) is 0. The van der Waals surface area contributed by atoms with E-state index in [0.29, 0.717) is 39.4 Å². The molecule has 1 aliphatic carbocycles. The number of ketones is 1. The van der Waals surface area contributed by atoms with Crippen molar-refractivity contribution in [1.29, 1.82) is 0 Å². The summed E-state index contributed by atoms with van der Waals surface area (Å²) in [6.45, 7) is 3.98. The topological polar surface area (TPSA) is 57.7 Å². The Labute approximate surface area is 274 Å². The predicted molar refractivity (Wildman–Crippen MR) is 187 cm³/mol. The van der Waals surface area contributed by atoms with Gasteiger partial charge in [0.05, 0.1) is 29.0 Å². The number of carbonyl (C=O) groups excluding carboxylic acids is 3. The van der Waals surface area contributed by atoms with Crippen LogP contribution in [0.3, 0.4) is 0 Å². The van der Waals surface area contributed by atoms with Crippen molar-refractivity contribution in [1.82, 2.24) is 0 Å². The lowest BCUT2D eigenvalue weighted by atomic mass is 9.87. The SMILES string of the molecule is Cc1ccc(N(C(=O)Cc2ccccc2)C2=CC3=C(c4ccccc4)C(=O)N(c4ccc(C)cc4)C3=C(c3ccccc3)C2=O)cc1. The number of amides is 2. The quantitative estimate of drug-likeness (QED) is 0.186. The monoisotopic (exact) mass is 612 g/mol. The Balaban J connectivity index is 1.50. The Morgan fingerprint density at radius 2 is 1.13 bits per heavy atom. The zero-order chi connectivity index (χ0) is 32.5. The molecule has 47 heavy (non-hydrogen) atoms. The van der Waals surface area contributed by atoms with Gasteiger partial charge in [0.2, 0.25) is 11.7 Å². The summed E-state index contributed by atoms with van der Waals surface area (Å²) in [6.07, 6.45) is 1.83. The third kappa shape index (κ3) is 5.53. The van der Waals surface area contributed by atoms with Gasteiger partial charge in [-0.15, -0.1) is 0 Å². The van der Waals surface area contributed by atoms with E-state index < -0.39 is 0 Å². The maximum Gasteiger partial charge on any atom is 0.264 e. The molecule has 0 saturated heterocycles. The summed E-state index contributed by atoms with van der Waals surface area (Å²) in [5.41, 5.74) is 7.69. The van der Waals surface area contributed by atoms with Gasteiger partial charge in [-0.05, 0) is 60.9 Å². The first-order valence-electron chi connectivity index (χ1n) is 15.6. The normalized spacial score (nSPS) is 14.3. The molecule has 0 fully saturated rings. The maximum atomic E-state index is 15.0. The van der Waals surface area contributed by atoms with Crippen LogP contribution in [0.5, 0.6) is 0 Å². The van der Waals surface area contributed by atoms with Crippen molar-refractivity contribution in [3.8, 4) is 0 Å². The minimum absolute atomic E-state index is 0.0928. The first-order chi connectivity index (χ1) is 22.9. The number of benzene rings is 5. The van der Waals surface area contributed by atoms with Gasteiger partial charge >= 0.3 is 0 Å². The average molecular weight is 613 g/mol. The molecular formula is C42H32N2O3. The molecule has 5 aromatic carbocycles. The molecule has 2 amide bonds. The van der Waals surface area contributed by atoms with Crippen LogP contribution in [0.4, 0.5) is 11.4 Å². The fourth-order valence-corrected chi connectivity index (χ4v) is 6.22. The molecule has 0 N–H and O–H groups in total. The predicted octanol–water partition coefficient (Wildman–Crippen LogP) is 8.26. The van der Waals surface area contributed by atoms with Crippen molar-refractivity contribution < 1.29 is 14.4 Å². The third-order valence-corrected chi connectivity index (χ3v) is 8.54. The van der Waals surface area contributed by atoms with E-state index in [1.165, 1.54) is 4.90 Å². The summed E-state index contributed by atoms with van der Waals surface area (Å²) < 4.78 is 0. The van der Waals surface area contributed by atoms with E-state index in [4.69, 9.17) is 0 Å². The number of hydrogen-bond acceptors (Lipinski definition) is 3. The highest BCUT2D eigenvalue weighted by atomic mass is 16.2. The summed E-state index contributed by atoms with van der Waals surface area (Å²) in [5.74, 6) is -0.825. The van der Waals surface area contributed by atoms with Crippen molar-refractivity contribution in [3.05, 3.63) is 190 Å². The number of carbonyl (C=O) groups is 3. The van der Waals surface area contributed by atoms with Crippen LogP contribution in [-0.4, -0.2) is 17.6 Å². The Kier molecular flexibility index (Phi) is 7.80. The minimum atomic E-state index is -0.337. The van der Waals surface area contributed by atoms with Gasteiger partial charge in [0, 0.05) is 16.9 Å². The third-order valence-electron chi connectivity index (χ3n) is 8.54. The van der Waals surface area contributed by atoms with Crippen LogP contribution in [0.2, 0.25) is 0 Å². The molecule has 5 nitrogen and oxygen atoms in total. The van der Waals surface area contributed by atoms with Gasteiger partial charge in [0.15, 0.2) is 0 Å². The first kappa shape index (κ1) is 29.6. The molecule has 1 heterocycles. The zero-order valence-electron chi connectivity index (χ0n) is 26.2. The number of anilines is 2. The molecule has 2 aliphatic rings. The smallest absolute Gasteiger partial charge is 0.264 e. The van der Waals surface area contributed by atoms with Gasteiger partial charge in [-0.25, -0.2) is 0 Å². The van der Waals surface area contributed by atoms with Gasteiger partial charge in [-0.3, -0.25) is 24.2 Å². The van der Waals surface area contributed by atoms with Crippen molar-refractivity contribution in [3.63, 3.8) is 0 Å². The second kappa shape index (κ2) is 12.4. The van der Waals surface area contributed by atoms with Crippen molar-refractivity contribution in [2.75, 3.05) is 9.80 Å². The van der Waals surface area contributed by atoms with Crippen LogP contribution >= 0.6 is 0 Å². The molecule has 0 radical (unpaired) electrons. The molecule has 0 aromatic heterocycles. The van der Waals surface area contributed by atoms with E-state index in [0.717, 1.165) is 22.3 Å². The largest absolute Gasteiger partial charge is 0.287 e. The molecular weight excluding hydrogens is 580 g/mol. The number of hydrogen-bond donors (Lipinski definition) is 0. The highest BCUT2D eigenvalue weighted by Crippen LogP contribution is 2.47. The number of allylic oxidation sites excluding steroid dienone is 2. The molecule has 7 rings (SSSR count). The molecule has 5 aromatic rings. The molecule has 0 bridgehead atoms. The fraction of sp³-hybridized carbons (Fsp3) is 0.0714. The average Bonchev–Trinajstić information content (AvgIpc) is 3.38. The maximum absolute atomic E-state index is 15.0. The van der Waals surface area contributed by atoms with Crippen molar-refractivity contribution >= 4 is 40.1 Å². The number of Topliss-reactive ketones (excluding diaryl/α,β-unsaturated/α-hetero) is 1. The van der Waals surface area contributed by atoms with Gasteiger partial charge in [0.1, 0.15) is 0 Å². The van der Waals surface area contributed by atoms with Crippen LogP contribution in [-0.2, 0) is 20.8 Å². The summed E-state index contributed by atoms with van der Waals surface area (Å²) in [4.78, 5) is 47.1. The number of rotatable bonds is 7. The molecule has 0 atom stereocenters.